The zero-order valence-corrected chi connectivity index (χ0v) is 12.6. The van der Waals surface area contributed by atoms with Crippen LogP contribution in [0, 0.1) is 0 Å². The summed E-state index contributed by atoms with van der Waals surface area (Å²) in [6.45, 7) is 2.03. The Kier molecular flexibility index (Phi) is 4.75. The molecule has 0 aliphatic carbocycles. The largest absolute Gasteiger partial charge is 0.321 e. The SMILES string of the molecule is CCCc1cc(C(=O)Nc2ccc(=O)n(C)c2)cc(Cl)n1. The molecule has 2 heterocycles. The summed E-state index contributed by atoms with van der Waals surface area (Å²) in [4.78, 5) is 27.7. The van der Waals surface area contributed by atoms with Crippen LogP contribution in [0.3, 0.4) is 0 Å². The fraction of sp³-hybridized carbons (Fsp3) is 0.267. The summed E-state index contributed by atoms with van der Waals surface area (Å²) < 4.78 is 1.40. The molecular formula is C15H16ClN3O2. The van der Waals surface area contributed by atoms with Gasteiger partial charge in [0.2, 0.25) is 5.56 Å². The number of hydrogen-bond acceptors (Lipinski definition) is 3. The number of hydrogen-bond donors (Lipinski definition) is 1. The van der Waals surface area contributed by atoms with Crippen LogP contribution in [-0.2, 0) is 13.5 Å². The maximum Gasteiger partial charge on any atom is 0.255 e. The Morgan fingerprint density at radius 1 is 1.38 bits per heavy atom. The summed E-state index contributed by atoms with van der Waals surface area (Å²) in [5, 5.41) is 3.04. The highest BCUT2D eigenvalue weighted by Gasteiger charge is 2.10. The molecule has 5 nitrogen and oxygen atoms in total. The molecule has 21 heavy (non-hydrogen) atoms. The second-order valence-corrected chi connectivity index (χ2v) is 5.13. The van der Waals surface area contributed by atoms with Crippen LogP contribution in [0.15, 0.2) is 35.3 Å². The fourth-order valence-corrected chi connectivity index (χ4v) is 2.16. The third-order valence-corrected chi connectivity index (χ3v) is 3.15. The highest BCUT2D eigenvalue weighted by atomic mass is 35.5. The Labute approximate surface area is 127 Å². The molecule has 1 N–H and O–H groups in total. The molecule has 0 aliphatic rings. The molecule has 0 unspecified atom stereocenters. The topological polar surface area (TPSA) is 64.0 Å². The van der Waals surface area contributed by atoms with Crippen molar-refractivity contribution < 1.29 is 4.79 Å². The third-order valence-electron chi connectivity index (χ3n) is 2.96. The first-order valence-corrected chi connectivity index (χ1v) is 7.02. The fourth-order valence-electron chi connectivity index (χ4n) is 1.94. The van der Waals surface area contributed by atoms with Crippen LogP contribution in [0.25, 0.3) is 0 Å². The normalized spacial score (nSPS) is 10.4. The van der Waals surface area contributed by atoms with Gasteiger partial charge in [0.1, 0.15) is 5.15 Å². The first kappa shape index (κ1) is 15.3. The highest BCUT2D eigenvalue weighted by Crippen LogP contribution is 2.14. The predicted molar refractivity (Wildman–Crippen MR) is 82.9 cm³/mol. The standard InChI is InChI=1S/C15H16ClN3O2/c1-3-4-11-7-10(8-13(16)17-11)15(21)18-12-5-6-14(20)19(2)9-12/h5-9H,3-4H2,1-2H3,(H,18,21). The Morgan fingerprint density at radius 2 is 2.14 bits per heavy atom. The van der Waals surface area contributed by atoms with Gasteiger partial charge in [-0.05, 0) is 24.6 Å². The smallest absolute Gasteiger partial charge is 0.255 e. The lowest BCUT2D eigenvalue weighted by molar-refractivity contribution is 0.102. The van der Waals surface area contributed by atoms with E-state index in [1.165, 1.54) is 16.7 Å². The van der Waals surface area contributed by atoms with E-state index in [2.05, 4.69) is 10.3 Å². The van der Waals surface area contributed by atoms with Crippen molar-refractivity contribution in [2.45, 2.75) is 19.8 Å². The van der Waals surface area contributed by atoms with Crippen LogP contribution < -0.4 is 10.9 Å². The molecule has 0 aromatic carbocycles. The summed E-state index contributed by atoms with van der Waals surface area (Å²) in [5.74, 6) is -0.282. The minimum Gasteiger partial charge on any atom is -0.321 e. The molecule has 1 amide bonds. The summed E-state index contributed by atoms with van der Waals surface area (Å²) >= 11 is 5.94. The third kappa shape index (κ3) is 3.92. The molecule has 2 aromatic rings. The van der Waals surface area contributed by atoms with Gasteiger partial charge in [-0.15, -0.1) is 0 Å². The van der Waals surface area contributed by atoms with E-state index >= 15 is 0 Å². The van der Waals surface area contributed by atoms with E-state index in [0.717, 1.165) is 18.5 Å². The maximum atomic E-state index is 12.2. The molecule has 0 aliphatic heterocycles. The molecule has 0 radical (unpaired) electrons. The van der Waals surface area contributed by atoms with Gasteiger partial charge in [-0.25, -0.2) is 4.98 Å². The Morgan fingerprint density at radius 3 is 2.81 bits per heavy atom. The second kappa shape index (κ2) is 6.54. The number of nitrogens with one attached hydrogen (secondary N) is 1. The van der Waals surface area contributed by atoms with Crippen LogP contribution in [0.4, 0.5) is 5.69 Å². The first-order chi connectivity index (χ1) is 9.99. The van der Waals surface area contributed by atoms with E-state index in [1.807, 2.05) is 6.92 Å². The van der Waals surface area contributed by atoms with Gasteiger partial charge in [0.25, 0.3) is 5.91 Å². The second-order valence-electron chi connectivity index (χ2n) is 4.74. The number of aryl methyl sites for hydroxylation is 2. The number of carbonyl (C=O) groups excluding carboxylic acids is 1. The van der Waals surface area contributed by atoms with Crippen molar-refractivity contribution >= 4 is 23.2 Å². The van der Waals surface area contributed by atoms with E-state index in [0.29, 0.717) is 16.4 Å². The molecule has 110 valence electrons. The van der Waals surface area contributed by atoms with Crippen LogP contribution in [0.1, 0.15) is 29.4 Å². The van der Waals surface area contributed by atoms with Crippen molar-refractivity contribution in [3.8, 4) is 0 Å². The number of anilines is 1. The van der Waals surface area contributed by atoms with Crippen LogP contribution in [-0.4, -0.2) is 15.5 Å². The van der Waals surface area contributed by atoms with Gasteiger partial charge >= 0.3 is 0 Å². The number of pyridine rings is 2. The van der Waals surface area contributed by atoms with Crippen molar-refractivity contribution in [1.82, 2.24) is 9.55 Å². The summed E-state index contributed by atoms with van der Waals surface area (Å²) in [5.41, 5.74) is 1.65. The Hall–Kier alpha value is -2.14. The lowest BCUT2D eigenvalue weighted by Crippen LogP contribution is -2.18. The lowest BCUT2D eigenvalue weighted by Gasteiger charge is -2.08. The maximum absolute atomic E-state index is 12.2. The van der Waals surface area contributed by atoms with E-state index in [9.17, 15) is 9.59 Å². The van der Waals surface area contributed by atoms with Crippen LogP contribution in [0.2, 0.25) is 5.15 Å². The lowest BCUT2D eigenvalue weighted by atomic mass is 10.1. The highest BCUT2D eigenvalue weighted by molar-refractivity contribution is 6.29. The van der Waals surface area contributed by atoms with Crippen molar-refractivity contribution in [2.75, 3.05) is 5.32 Å². The number of aromatic nitrogens is 2. The zero-order valence-electron chi connectivity index (χ0n) is 11.9. The van der Waals surface area contributed by atoms with E-state index < -0.39 is 0 Å². The average molecular weight is 306 g/mol. The Bertz CT molecular complexity index is 725. The number of amides is 1. The van der Waals surface area contributed by atoms with Gasteiger partial charge in [-0.3, -0.25) is 9.59 Å². The molecule has 2 rings (SSSR count). The zero-order chi connectivity index (χ0) is 15.4. The van der Waals surface area contributed by atoms with E-state index in [-0.39, 0.29) is 11.5 Å². The van der Waals surface area contributed by atoms with Crippen molar-refractivity contribution in [1.29, 1.82) is 0 Å². The van der Waals surface area contributed by atoms with Crippen LogP contribution in [0.5, 0.6) is 0 Å². The first-order valence-electron chi connectivity index (χ1n) is 6.64. The number of halogens is 1. The van der Waals surface area contributed by atoms with E-state index in [1.54, 1.807) is 25.4 Å². The summed E-state index contributed by atoms with van der Waals surface area (Å²) in [6.07, 6.45) is 3.26. The van der Waals surface area contributed by atoms with Gasteiger partial charge in [-0.2, -0.15) is 0 Å². The van der Waals surface area contributed by atoms with Gasteiger partial charge in [0, 0.05) is 30.6 Å². The molecule has 0 spiro atoms. The molecule has 0 saturated heterocycles. The quantitative estimate of drug-likeness (QED) is 0.883. The molecule has 0 bridgehead atoms. The number of carbonyl (C=O) groups is 1. The minimum absolute atomic E-state index is 0.134. The van der Waals surface area contributed by atoms with Gasteiger partial charge in [0.15, 0.2) is 0 Å². The summed E-state index contributed by atoms with van der Waals surface area (Å²) in [7, 11) is 1.63. The monoisotopic (exact) mass is 305 g/mol. The molecule has 6 heteroatoms. The van der Waals surface area contributed by atoms with Crippen LogP contribution >= 0.6 is 11.6 Å². The molecular weight excluding hydrogens is 290 g/mol. The van der Waals surface area contributed by atoms with Gasteiger partial charge in [0.05, 0.1) is 5.69 Å². The molecule has 2 aromatic heterocycles. The molecule has 0 saturated carbocycles. The van der Waals surface area contributed by atoms with Crippen molar-refractivity contribution in [2.24, 2.45) is 7.05 Å². The number of nitrogens with zero attached hydrogens (tertiary/aromatic N) is 2. The summed E-state index contributed by atoms with van der Waals surface area (Å²) in [6, 6.07) is 6.22. The van der Waals surface area contributed by atoms with E-state index in [4.69, 9.17) is 11.6 Å². The minimum atomic E-state index is -0.282. The molecule has 0 fully saturated rings. The predicted octanol–water partition coefficient (Wildman–Crippen LogP) is 2.64. The van der Waals surface area contributed by atoms with Crippen molar-refractivity contribution in [3.05, 3.63) is 57.2 Å². The average Bonchev–Trinajstić information content (AvgIpc) is 2.42. The number of rotatable bonds is 4. The van der Waals surface area contributed by atoms with Gasteiger partial charge in [-0.1, -0.05) is 24.9 Å². The Balaban J connectivity index is 2.23. The van der Waals surface area contributed by atoms with Crippen molar-refractivity contribution in [3.63, 3.8) is 0 Å². The van der Waals surface area contributed by atoms with Gasteiger partial charge < -0.3 is 9.88 Å². The molecule has 0 atom stereocenters.